The van der Waals surface area contributed by atoms with Crippen molar-refractivity contribution in [3.8, 4) is 0 Å². The minimum atomic E-state index is -0.623. The van der Waals surface area contributed by atoms with Crippen LogP contribution in [-0.4, -0.2) is 82.4 Å². The van der Waals surface area contributed by atoms with Gasteiger partial charge < -0.3 is 33.5 Å². The second-order valence-corrected chi connectivity index (χ2v) is 28.7. The molecule has 8 saturated carbocycles. The van der Waals surface area contributed by atoms with E-state index in [9.17, 15) is 43.5 Å². The zero-order valence-electron chi connectivity index (χ0n) is 49.2. The Morgan fingerprint density at radius 3 is 1.41 bits per heavy atom. The number of carbonyl (C=O) groups excluding carboxylic acids is 8. The van der Waals surface area contributed by atoms with E-state index in [2.05, 4.69) is 13.8 Å². The molecule has 0 spiro atoms. The molecule has 15 nitrogen and oxygen atoms in total. The summed E-state index contributed by atoms with van der Waals surface area (Å²) in [7, 11) is 0. The van der Waals surface area contributed by atoms with Crippen LogP contribution >= 0.6 is 0 Å². The molecule has 0 aromatic heterocycles. The molecule has 0 aromatic carbocycles. The fourth-order valence-corrected chi connectivity index (χ4v) is 18.3. The minimum Gasteiger partial charge on any atom is -0.459 e. The van der Waals surface area contributed by atoms with Gasteiger partial charge in [0.15, 0.2) is 6.61 Å². The van der Waals surface area contributed by atoms with Gasteiger partial charge in [-0.3, -0.25) is 33.6 Å². The molecule has 0 aromatic rings. The van der Waals surface area contributed by atoms with E-state index >= 15 is 0 Å². The van der Waals surface area contributed by atoms with Gasteiger partial charge in [-0.05, 0) is 214 Å². The zero-order chi connectivity index (χ0) is 56.9. The summed E-state index contributed by atoms with van der Waals surface area (Å²) in [6.45, 7) is 30.5. The maximum Gasteiger partial charge on any atom is 0.344 e. The molecule has 2 saturated heterocycles. The average molecular weight is 1140 g/mol. The van der Waals surface area contributed by atoms with Crippen LogP contribution < -0.4 is 0 Å². The number of carbonyl (C=O) groups is 8. The molecular formula is C66H110O15. The van der Waals surface area contributed by atoms with Gasteiger partial charge in [-0.1, -0.05) is 85.1 Å². The van der Waals surface area contributed by atoms with Gasteiger partial charge in [-0.25, -0.2) is 4.79 Å². The topological polar surface area (TPSA) is 212 Å². The van der Waals surface area contributed by atoms with Crippen LogP contribution in [0.4, 0.5) is 0 Å². The monoisotopic (exact) mass is 1140 g/mol. The third-order valence-electron chi connectivity index (χ3n) is 22.1. The number of hydrogen-bond donors (Lipinski definition) is 1. The van der Waals surface area contributed by atoms with Crippen LogP contribution in [0.25, 0.3) is 0 Å². The molecule has 0 amide bonds. The lowest BCUT2D eigenvalue weighted by Crippen LogP contribution is -2.49. The molecule has 24 atom stereocenters. The van der Waals surface area contributed by atoms with Crippen molar-refractivity contribution in [3.05, 3.63) is 0 Å². The van der Waals surface area contributed by atoms with Gasteiger partial charge in [0.25, 0.3) is 0 Å². The van der Waals surface area contributed by atoms with Crippen LogP contribution in [0.2, 0.25) is 0 Å². The number of aliphatic hydroxyl groups is 1. The smallest absolute Gasteiger partial charge is 0.344 e. The minimum absolute atomic E-state index is 0. The fourth-order valence-electron chi connectivity index (χ4n) is 18.3. The van der Waals surface area contributed by atoms with E-state index < -0.39 is 40.1 Å². The van der Waals surface area contributed by atoms with E-state index in [1.807, 2.05) is 76.2 Å². The number of ether oxygens (including phenoxy) is 6. The van der Waals surface area contributed by atoms with E-state index in [0.29, 0.717) is 83.9 Å². The molecule has 24 unspecified atom stereocenters. The average Bonchev–Trinajstić information content (AvgIpc) is 2.15. The number of aliphatic hydroxyl groups excluding tert-OH is 1. The van der Waals surface area contributed by atoms with Crippen LogP contribution in [-0.2, 0) is 66.8 Å². The van der Waals surface area contributed by atoms with Crippen molar-refractivity contribution >= 4 is 47.8 Å². The molecule has 0 radical (unpaired) electrons. The summed E-state index contributed by atoms with van der Waals surface area (Å²) >= 11 is 0. The Bertz CT molecular complexity index is 2280. The molecule has 81 heavy (non-hydrogen) atoms. The summed E-state index contributed by atoms with van der Waals surface area (Å²) in [4.78, 5) is 97.8. The molecule has 8 aliphatic carbocycles. The molecule has 1 N–H and O–H groups in total. The lowest BCUT2D eigenvalue weighted by Gasteiger charge is -2.48. The molecule has 2 aliphatic heterocycles. The second-order valence-electron chi connectivity index (χ2n) is 28.7. The van der Waals surface area contributed by atoms with Gasteiger partial charge in [-0.2, -0.15) is 0 Å². The maximum atomic E-state index is 13.2. The highest BCUT2D eigenvalue weighted by atomic mass is 16.6. The number of hydrogen-bond acceptors (Lipinski definition) is 15. The van der Waals surface area contributed by atoms with E-state index in [4.69, 9.17) is 28.4 Å². The summed E-state index contributed by atoms with van der Waals surface area (Å²) in [6, 6.07) is 0. The van der Waals surface area contributed by atoms with Gasteiger partial charge in [-0.15, -0.1) is 0 Å². The molecule has 15 heteroatoms. The third-order valence-corrected chi connectivity index (χ3v) is 22.1. The summed E-state index contributed by atoms with van der Waals surface area (Å²) in [5.41, 5.74) is -2.35. The lowest BCUT2D eigenvalue weighted by molar-refractivity contribution is -0.175. The largest absolute Gasteiger partial charge is 0.459 e. The standard InChI is InChI=1S/C26H36O7.C18H24O4.C18H34O4.4CH4/c1-11-14-8-15(18(11)19-12(2)22(28)32-23(19)29)21-16-7-13(20(14)21)9-26(16,6)24(30)31-10-17(27)33-25(3,4)5;1-6-9-5-11(13(6)14-7(2)17(20)22-18(14)21)16-10-3-8(15(9)16)4-12(10)19;1-9-13(3)15(19)21-17(5,6)11-12-18(7,8)22-16(20)14(4)10-2;;;;/h11-16,18-21H,7-10H2,1-6H3;6-16,19H,3-5H2,1-2H3;13-14H,9-12H2,1-8H3;4*1H4. The Balaban J connectivity index is 0.000000263. The third kappa shape index (κ3) is 12.9. The van der Waals surface area contributed by atoms with E-state index in [-0.39, 0.29) is 126 Å². The first-order valence-electron chi connectivity index (χ1n) is 29.8. The van der Waals surface area contributed by atoms with Crippen LogP contribution in [0.5, 0.6) is 0 Å². The van der Waals surface area contributed by atoms with Gasteiger partial charge in [0, 0.05) is 0 Å². The number of esters is 8. The summed E-state index contributed by atoms with van der Waals surface area (Å²) < 4.78 is 31.8. The highest BCUT2D eigenvalue weighted by molar-refractivity contribution is 5.97. The van der Waals surface area contributed by atoms with Crippen molar-refractivity contribution in [1.29, 1.82) is 0 Å². The van der Waals surface area contributed by atoms with E-state index in [0.717, 1.165) is 44.4 Å². The van der Waals surface area contributed by atoms with Crippen molar-refractivity contribution in [3.63, 3.8) is 0 Å². The van der Waals surface area contributed by atoms with E-state index in [1.165, 1.54) is 12.8 Å². The molecule has 8 bridgehead atoms. The van der Waals surface area contributed by atoms with Crippen molar-refractivity contribution in [2.24, 2.45) is 136 Å². The van der Waals surface area contributed by atoms with Gasteiger partial charge in [0.2, 0.25) is 0 Å². The number of fused-ring (bicyclic) bond motifs is 18. The van der Waals surface area contributed by atoms with Crippen molar-refractivity contribution in [2.45, 2.75) is 228 Å². The Hall–Kier alpha value is -3.88. The van der Waals surface area contributed by atoms with E-state index in [1.54, 1.807) is 20.8 Å². The molecule has 10 aliphatic rings. The summed E-state index contributed by atoms with van der Waals surface area (Å²) in [6.07, 6.45) is 8.96. The lowest BCUT2D eigenvalue weighted by atomic mass is 9.55. The summed E-state index contributed by atoms with van der Waals surface area (Å²) in [5.74, 6) is 3.47. The molecule has 10 fully saturated rings. The zero-order valence-corrected chi connectivity index (χ0v) is 49.2. The van der Waals surface area contributed by atoms with Crippen LogP contribution in [0, 0.1) is 136 Å². The van der Waals surface area contributed by atoms with Crippen molar-refractivity contribution in [1.82, 2.24) is 0 Å². The van der Waals surface area contributed by atoms with Gasteiger partial charge in [0.05, 0.1) is 47.0 Å². The van der Waals surface area contributed by atoms with Crippen molar-refractivity contribution in [2.75, 3.05) is 6.61 Å². The van der Waals surface area contributed by atoms with Crippen LogP contribution in [0.15, 0.2) is 0 Å². The fraction of sp³-hybridized carbons (Fsp3) is 0.879. The normalized spacial score (nSPS) is 40.3. The highest BCUT2D eigenvalue weighted by Crippen LogP contribution is 2.76. The molecule has 10 rings (SSSR count). The van der Waals surface area contributed by atoms with Crippen LogP contribution in [0.1, 0.15) is 205 Å². The van der Waals surface area contributed by atoms with Crippen molar-refractivity contribution < 1.29 is 71.9 Å². The SMILES string of the molecule is C.C.C.C.CC1C(=O)OC(=O)C1C1C(C)C2CC1C1C2C2CC1C(C)(C(=O)OCC(=O)OC(C)(C)C)C2.CC1C(=O)OC(=O)C1C1C(C)C2CC1C1C3CC(CC3O)C21.CCC(C)C(=O)OC(C)(C)CCC(C)(C)OC(=O)C(C)CC. The predicted octanol–water partition coefficient (Wildman–Crippen LogP) is 12.3. The van der Waals surface area contributed by atoms with Crippen LogP contribution in [0.3, 0.4) is 0 Å². The van der Waals surface area contributed by atoms with Gasteiger partial charge >= 0.3 is 47.8 Å². The number of rotatable bonds is 14. The quantitative estimate of drug-likeness (QED) is 0.0741. The first-order chi connectivity index (χ1) is 35.8. The molecule has 464 valence electrons. The molecular weight excluding hydrogens is 1030 g/mol. The Morgan fingerprint density at radius 1 is 0.568 bits per heavy atom. The second kappa shape index (κ2) is 25.4. The Labute approximate surface area is 487 Å². The summed E-state index contributed by atoms with van der Waals surface area (Å²) in [5, 5.41) is 10.3. The van der Waals surface area contributed by atoms with Gasteiger partial charge in [0.1, 0.15) is 16.8 Å². The Kier molecular flexibility index (Phi) is 21.8. The maximum absolute atomic E-state index is 13.2. The predicted molar refractivity (Wildman–Crippen MR) is 309 cm³/mol. The number of cyclic esters (lactones) is 4. The first-order valence-corrected chi connectivity index (χ1v) is 29.8. The first kappa shape index (κ1) is 69.6. The Morgan fingerprint density at radius 2 is 1.00 bits per heavy atom. The highest BCUT2D eigenvalue weighted by Gasteiger charge is 2.73. The molecule has 2 heterocycles.